The summed E-state index contributed by atoms with van der Waals surface area (Å²) in [6, 6.07) is 3.90. The van der Waals surface area contributed by atoms with Crippen molar-refractivity contribution in [3.63, 3.8) is 0 Å². The van der Waals surface area contributed by atoms with Gasteiger partial charge in [-0.2, -0.15) is 0 Å². The number of rotatable bonds is 5. The number of nitro groups is 3. The Balaban J connectivity index is 2.50. The van der Waals surface area contributed by atoms with Crippen molar-refractivity contribution < 1.29 is 24.0 Å². The summed E-state index contributed by atoms with van der Waals surface area (Å²) in [5.41, 5.74) is -3.02. The minimum atomic E-state index is -1.09. The van der Waals surface area contributed by atoms with Gasteiger partial charge in [0.1, 0.15) is 5.82 Å². The van der Waals surface area contributed by atoms with E-state index in [-0.39, 0.29) is 5.56 Å². The Morgan fingerprint density at radius 3 is 2.12 bits per heavy atom. The lowest BCUT2D eigenvalue weighted by atomic mass is 10.0. The van der Waals surface area contributed by atoms with Gasteiger partial charge in [0.05, 0.1) is 32.1 Å². The van der Waals surface area contributed by atoms with Crippen LogP contribution in [-0.2, 0) is 0 Å². The first-order valence-electron chi connectivity index (χ1n) is 6.80. The normalized spacial score (nSPS) is 10.2. The lowest BCUT2D eigenvalue weighted by molar-refractivity contribution is -0.394. The molecule has 2 rings (SSSR count). The molecule has 2 aromatic carbocycles. The highest BCUT2D eigenvalue weighted by atomic mass is 19.1. The predicted molar refractivity (Wildman–Crippen MR) is 85.5 cm³/mol. The van der Waals surface area contributed by atoms with E-state index in [0.717, 1.165) is 24.3 Å². The molecule has 0 aliphatic rings. The zero-order chi connectivity index (χ0) is 19.6. The topological polar surface area (TPSA) is 159 Å². The number of non-ortho nitro benzene ring substituents is 2. The van der Waals surface area contributed by atoms with Crippen molar-refractivity contribution in [1.82, 2.24) is 0 Å². The first-order chi connectivity index (χ1) is 12.1. The summed E-state index contributed by atoms with van der Waals surface area (Å²) in [6.07, 6.45) is 0. The van der Waals surface area contributed by atoms with Crippen LogP contribution >= 0.6 is 0 Å². The van der Waals surface area contributed by atoms with Crippen molar-refractivity contribution in [1.29, 1.82) is 0 Å². The minimum Gasteiger partial charge on any atom is -0.319 e. The molecule has 11 nitrogen and oxygen atoms in total. The summed E-state index contributed by atoms with van der Waals surface area (Å²) in [6.45, 7) is 1.20. The molecular formula is C14H9FN4O7. The van der Waals surface area contributed by atoms with Crippen LogP contribution in [-0.4, -0.2) is 20.7 Å². The van der Waals surface area contributed by atoms with Gasteiger partial charge in [0.15, 0.2) is 0 Å². The maximum Gasteiger partial charge on any atom is 0.279 e. The van der Waals surface area contributed by atoms with E-state index >= 15 is 0 Å². The Morgan fingerprint density at radius 1 is 0.962 bits per heavy atom. The monoisotopic (exact) mass is 364 g/mol. The van der Waals surface area contributed by atoms with Crippen molar-refractivity contribution >= 4 is 28.7 Å². The van der Waals surface area contributed by atoms with E-state index in [2.05, 4.69) is 0 Å². The Kier molecular flexibility index (Phi) is 4.86. The zero-order valence-electron chi connectivity index (χ0n) is 13.0. The van der Waals surface area contributed by atoms with Gasteiger partial charge in [-0.1, -0.05) is 0 Å². The summed E-state index contributed by atoms with van der Waals surface area (Å²) in [4.78, 5) is 42.4. The first-order valence-corrected chi connectivity index (χ1v) is 6.80. The fourth-order valence-corrected chi connectivity index (χ4v) is 2.13. The fraction of sp³-hybridized carbons (Fsp3) is 0.0714. The van der Waals surface area contributed by atoms with Crippen LogP contribution in [0.25, 0.3) is 0 Å². The summed E-state index contributed by atoms with van der Waals surface area (Å²) in [5, 5.41) is 34.7. The highest BCUT2D eigenvalue weighted by Crippen LogP contribution is 2.29. The van der Waals surface area contributed by atoms with Crippen molar-refractivity contribution in [2.75, 3.05) is 5.32 Å². The molecule has 0 fully saturated rings. The number of nitrogens with one attached hydrogen (secondary N) is 1. The van der Waals surface area contributed by atoms with Gasteiger partial charge in [-0.05, 0) is 13.0 Å². The second-order valence-corrected chi connectivity index (χ2v) is 5.03. The molecule has 0 aliphatic carbocycles. The number of halogens is 1. The Bertz CT molecular complexity index is 961. The van der Waals surface area contributed by atoms with Gasteiger partial charge in [0, 0.05) is 23.8 Å². The summed E-state index contributed by atoms with van der Waals surface area (Å²) in [7, 11) is 0. The molecule has 1 N–H and O–H groups in total. The third-order valence-electron chi connectivity index (χ3n) is 3.43. The van der Waals surface area contributed by atoms with Gasteiger partial charge in [0.25, 0.3) is 23.0 Å². The van der Waals surface area contributed by atoms with Gasteiger partial charge in [-0.25, -0.2) is 4.39 Å². The predicted octanol–water partition coefficient (Wildman–Crippen LogP) is 3.11. The summed E-state index contributed by atoms with van der Waals surface area (Å²) >= 11 is 0. The highest BCUT2D eigenvalue weighted by Gasteiger charge is 2.25. The maximum atomic E-state index is 13.8. The molecule has 0 atom stereocenters. The molecule has 0 bridgehead atoms. The van der Waals surface area contributed by atoms with Crippen LogP contribution in [0.3, 0.4) is 0 Å². The van der Waals surface area contributed by atoms with Crippen LogP contribution in [0.15, 0.2) is 30.3 Å². The largest absolute Gasteiger partial charge is 0.319 e. The minimum absolute atomic E-state index is 0.177. The third kappa shape index (κ3) is 3.58. The van der Waals surface area contributed by atoms with Gasteiger partial charge in [0.2, 0.25) is 0 Å². The number of hydrogen-bond acceptors (Lipinski definition) is 7. The molecule has 0 saturated carbocycles. The van der Waals surface area contributed by atoms with Crippen molar-refractivity contribution in [3.05, 3.63) is 77.6 Å². The standard InChI is InChI=1S/C14H9FN4O7/c1-7-10(4-9(18(23)24)6-13(7)19(25)26)14(20)16-12-5-8(17(21)22)2-3-11(12)15/h2-6H,1H3,(H,16,20). The number of carbonyl (C=O) groups is 1. The van der Waals surface area contributed by atoms with E-state index in [9.17, 15) is 39.5 Å². The van der Waals surface area contributed by atoms with Gasteiger partial charge >= 0.3 is 0 Å². The number of hydrogen-bond donors (Lipinski definition) is 1. The number of amides is 1. The Labute approximate surface area is 143 Å². The quantitative estimate of drug-likeness (QED) is 0.630. The molecule has 0 heterocycles. The molecule has 0 aliphatic heterocycles. The van der Waals surface area contributed by atoms with Crippen LogP contribution in [0.2, 0.25) is 0 Å². The second-order valence-electron chi connectivity index (χ2n) is 5.03. The van der Waals surface area contributed by atoms with Crippen LogP contribution in [0, 0.1) is 43.1 Å². The molecule has 0 radical (unpaired) electrons. The van der Waals surface area contributed by atoms with E-state index in [1.54, 1.807) is 0 Å². The van der Waals surface area contributed by atoms with E-state index in [4.69, 9.17) is 0 Å². The van der Waals surface area contributed by atoms with Crippen LogP contribution in [0.4, 0.5) is 27.1 Å². The van der Waals surface area contributed by atoms with E-state index in [1.165, 1.54) is 6.92 Å². The molecule has 0 saturated heterocycles. The molecule has 0 spiro atoms. The van der Waals surface area contributed by atoms with Crippen molar-refractivity contribution in [2.45, 2.75) is 6.92 Å². The number of anilines is 1. The highest BCUT2D eigenvalue weighted by molar-refractivity contribution is 6.06. The average Bonchev–Trinajstić information content (AvgIpc) is 2.56. The molecule has 0 unspecified atom stereocenters. The second kappa shape index (κ2) is 6.88. The van der Waals surface area contributed by atoms with Gasteiger partial charge in [-0.3, -0.25) is 35.1 Å². The van der Waals surface area contributed by atoms with Crippen molar-refractivity contribution in [3.8, 4) is 0 Å². The molecule has 2 aromatic rings. The number of benzene rings is 2. The van der Waals surface area contributed by atoms with E-state index in [0.29, 0.717) is 6.07 Å². The first kappa shape index (κ1) is 18.4. The Hall–Kier alpha value is -3.96. The summed E-state index contributed by atoms with van der Waals surface area (Å²) < 4.78 is 13.8. The number of nitro benzene ring substituents is 3. The van der Waals surface area contributed by atoms with Crippen LogP contribution in [0.5, 0.6) is 0 Å². The summed E-state index contributed by atoms with van der Waals surface area (Å²) in [5.74, 6) is -2.07. The number of carbonyl (C=O) groups excluding carboxylic acids is 1. The van der Waals surface area contributed by atoms with Gasteiger partial charge in [-0.15, -0.1) is 0 Å². The molecule has 26 heavy (non-hydrogen) atoms. The average molecular weight is 364 g/mol. The van der Waals surface area contributed by atoms with Gasteiger partial charge < -0.3 is 5.32 Å². The van der Waals surface area contributed by atoms with Crippen LogP contribution < -0.4 is 5.32 Å². The molecular weight excluding hydrogens is 355 g/mol. The third-order valence-corrected chi connectivity index (χ3v) is 3.43. The molecule has 0 aromatic heterocycles. The van der Waals surface area contributed by atoms with E-state index in [1.807, 2.05) is 5.32 Å². The zero-order valence-corrected chi connectivity index (χ0v) is 13.0. The molecule has 1 amide bonds. The molecule has 12 heteroatoms. The smallest absolute Gasteiger partial charge is 0.279 e. The fourth-order valence-electron chi connectivity index (χ4n) is 2.13. The van der Waals surface area contributed by atoms with Crippen molar-refractivity contribution in [2.24, 2.45) is 0 Å². The van der Waals surface area contributed by atoms with Crippen LogP contribution in [0.1, 0.15) is 15.9 Å². The van der Waals surface area contributed by atoms with E-state index < -0.39 is 54.8 Å². The number of nitrogens with zero attached hydrogens (tertiary/aromatic N) is 3. The Morgan fingerprint density at radius 2 is 1.58 bits per heavy atom. The molecule has 134 valence electrons. The lowest BCUT2D eigenvalue weighted by Gasteiger charge is -2.09. The maximum absolute atomic E-state index is 13.8. The lowest BCUT2D eigenvalue weighted by Crippen LogP contribution is -2.16. The SMILES string of the molecule is Cc1c(C(=O)Nc2cc([N+](=O)[O-])ccc2F)cc([N+](=O)[O-])cc1[N+](=O)[O-].